The van der Waals surface area contributed by atoms with Crippen molar-refractivity contribution < 1.29 is 9.90 Å². The van der Waals surface area contributed by atoms with E-state index in [9.17, 15) is 9.90 Å². The average molecular weight is 218 g/mol. The Bertz CT molecular complexity index is 346. The van der Waals surface area contributed by atoms with Crippen LogP contribution < -0.4 is 0 Å². The first-order valence-corrected chi connectivity index (χ1v) is 5.95. The molecular formula is C14H18O2. The molecule has 0 aliphatic heterocycles. The van der Waals surface area contributed by atoms with E-state index in [1.807, 2.05) is 18.2 Å². The molecule has 0 atom stereocenters. The molecule has 1 saturated carbocycles. The number of carbonyl (C=O) groups is 1. The van der Waals surface area contributed by atoms with Gasteiger partial charge >= 0.3 is 0 Å². The van der Waals surface area contributed by atoms with Gasteiger partial charge in [-0.3, -0.25) is 4.79 Å². The fraction of sp³-hybridized carbons (Fsp3) is 0.500. The van der Waals surface area contributed by atoms with Crippen LogP contribution in [-0.4, -0.2) is 17.5 Å². The first-order valence-electron chi connectivity index (χ1n) is 5.95. The largest absolute Gasteiger partial charge is 0.396 e. The van der Waals surface area contributed by atoms with Crippen molar-refractivity contribution in [2.45, 2.75) is 37.5 Å². The van der Waals surface area contributed by atoms with Gasteiger partial charge in [0.05, 0.1) is 0 Å². The third-order valence-corrected chi connectivity index (χ3v) is 3.74. The summed E-state index contributed by atoms with van der Waals surface area (Å²) in [4.78, 5) is 11.3. The van der Waals surface area contributed by atoms with Crippen LogP contribution in [0.4, 0.5) is 0 Å². The lowest BCUT2D eigenvalue weighted by atomic mass is 9.67. The minimum Gasteiger partial charge on any atom is -0.396 e. The SMILES string of the molecule is O=C1CCC(CCO)(c2ccccc2)CC1. The fourth-order valence-electron chi connectivity index (χ4n) is 2.70. The molecule has 2 rings (SSSR count). The van der Waals surface area contributed by atoms with Gasteiger partial charge < -0.3 is 5.11 Å². The Labute approximate surface area is 96.3 Å². The molecule has 0 saturated heterocycles. The van der Waals surface area contributed by atoms with E-state index < -0.39 is 0 Å². The molecule has 0 heterocycles. The maximum atomic E-state index is 11.3. The first kappa shape index (κ1) is 11.3. The van der Waals surface area contributed by atoms with Crippen LogP contribution in [0.1, 0.15) is 37.7 Å². The van der Waals surface area contributed by atoms with Crippen LogP contribution in [0.5, 0.6) is 0 Å². The van der Waals surface area contributed by atoms with Crippen molar-refractivity contribution in [1.82, 2.24) is 0 Å². The van der Waals surface area contributed by atoms with E-state index in [4.69, 9.17) is 0 Å². The highest BCUT2D eigenvalue weighted by atomic mass is 16.3. The minimum absolute atomic E-state index is 0.0317. The second kappa shape index (κ2) is 4.79. The zero-order valence-electron chi connectivity index (χ0n) is 9.48. The van der Waals surface area contributed by atoms with E-state index in [0.29, 0.717) is 18.6 Å². The van der Waals surface area contributed by atoms with Crippen LogP contribution in [0.3, 0.4) is 0 Å². The third kappa shape index (κ3) is 2.17. The van der Waals surface area contributed by atoms with Gasteiger partial charge in [0.25, 0.3) is 0 Å². The van der Waals surface area contributed by atoms with E-state index in [2.05, 4.69) is 12.1 Å². The summed E-state index contributed by atoms with van der Waals surface area (Å²) in [7, 11) is 0. The minimum atomic E-state index is 0.0317. The van der Waals surface area contributed by atoms with Crippen LogP contribution >= 0.6 is 0 Å². The summed E-state index contributed by atoms with van der Waals surface area (Å²) in [6, 6.07) is 10.3. The van der Waals surface area contributed by atoms with Crippen LogP contribution in [0.15, 0.2) is 30.3 Å². The number of aliphatic hydroxyl groups excluding tert-OH is 1. The molecule has 16 heavy (non-hydrogen) atoms. The van der Waals surface area contributed by atoms with Gasteiger partial charge in [-0.05, 0) is 30.2 Å². The molecule has 0 aromatic heterocycles. The van der Waals surface area contributed by atoms with E-state index in [1.54, 1.807) is 0 Å². The monoisotopic (exact) mass is 218 g/mol. The standard InChI is InChI=1S/C14H18O2/c15-11-10-14(8-6-13(16)7-9-14)12-4-2-1-3-5-12/h1-5,15H,6-11H2. The summed E-state index contributed by atoms with van der Waals surface area (Å²) in [6.07, 6.45) is 3.86. The van der Waals surface area contributed by atoms with Gasteiger partial charge in [0.1, 0.15) is 5.78 Å². The zero-order chi connectivity index (χ0) is 11.4. The number of rotatable bonds is 3. The number of benzene rings is 1. The molecule has 0 spiro atoms. The van der Waals surface area contributed by atoms with Crippen molar-refractivity contribution in [1.29, 1.82) is 0 Å². The molecule has 1 fully saturated rings. The second-order valence-electron chi connectivity index (χ2n) is 4.66. The molecule has 2 heteroatoms. The maximum absolute atomic E-state index is 11.3. The van der Waals surface area contributed by atoms with Gasteiger partial charge in [0.2, 0.25) is 0 Å². The topological polar surface area (TPSA) is 37.3 Å². The number of Topliss-reactive ketones (excluding diaryl/α,β-unsaturated/α-hetero) is 1. The molecule has 1 aliphatic carbocycles. The van der Waals surface area contributed by atoms with Gasteiger partial charge in [0.15, 0.2) is 0 Å². The molecule has 1 aliphatic rings. The molecule has 0 radical (unpaired) electrons. The van der Waals surface area contributed by atoms with E-state index >= 15 is 0 Å². The number of hydrogen-bond donors (Lipinski definition) is 1. The Balaban J connectivity index is 2.25. The predicted octanol–water partition coefficient (Wildman–Crippen LogP) is 2.45. The number of hydrogen-bond acceptors (Lipinski definition) is 2. The first-order chi connectivity index (χ1) is 7.77. The molecule has 86 valence electrons. The Morgan fingerprint density at radius 2 is 1.75 bits per heavy atom. The lowest BCUT2D eigenvalue weighted by Gasteiger charge is -2.37. The van der Waals surface area contributed by atoms with Gasteiger partial charge in [-0.15, -0.1) is 0 Å². The molecule has 2 nitrogen and oxygen atoms in total. The number of carbonyl (C=O) groups excluding carboxylic acids is 1. The highest BCUT2D eigenvalue weighted by Gasteiger charge is 2.35. The lowest BCUT2D eigenvalue weighted by molar-refractivity contribution is -0.121. The quantitative estimate of drug-likeness (QED) is 0.846. The van der Waals surface area contributed by atoms with Gasteiger partial charge in [-0.1, -0.05) is 30.3 Å². The smallest absolute Gasteiger partial charge is 0.132 e. The summed E-state index contributed by atoms with van der Waals surface area (Å²) in [6.45, 7) is 0.198. The molecule has 0 bridgehead atoms. The van der Waals surface area contributed by atoms with Gasteiger partial charge in [0, 0.05) is 19.4 Å². The van der Waals surface area contributed by atoms with Crippen molar-refractivity contribution >= 4 is 5.78 Å². The van der Waals surface area contributed by atoms with Crippen molar-refractivity contribution in [3.8, 4) is 0 Å². The second-order valence-corrected chi connectivity index (χ2v) is 4.66. The van der Waals surface area contributed by atoms with Crippen LogP contribution in [0, 0.1) is 0 Å². The lowest BCUT2D eigenvalue weighted by Crippen LogP contribution is -2.33. The van der Waals surface area contributed by atoms with Gasteiger partial charge in [-0.2, -0.15) is 0 Å². The predicted molar refractivity (Wildman–Crippen MR) is 63.3 cm³/mol. The molecule has 1 N–H and O–H groups in total. The summed E-state index contributed by atoms with van der Waals surface area (Å²) < 4.78 is 0. The normalized spacial score (nSPS) is 19.7. The molecule has 0 unspecified atom stereocenters. The average Bonchev–Trinajstić information content (AvgIpc) is 2.34. The molecular weight excluding hydrogens is 200 g/mol. The Kier molecular flexibility index (Phi) is 3.39. The number of aliphatic hydroxyl groups is 1. The summed E-state index contributed by atoms with van der Waals surface area (Å²) in [5, 5.41) is 9.23. The molecule has 0 amide bonds. The maximum Gasteiger partial charge on any atom is 0.132 e. The van der Waals surface area contributed by atoms with E-state index in [0.717, 1.165) is 19.3 Å². The fourth-order valence-corrected chi connectivity index (χ4v) is 2.70. The van der Waals surface area contributed by atoms with Crippen molar-refractivity contribution in [2.75, 3.05) is 6.61 Å². The third-order valence-electron chi connectivity index (χ3n) is 3.74. The Morgan fingerprint density at radius 1 is 1.12 bits per heavy atom. The Morgan fingerprint density at radius 3 is 2.31 bits per heavy atom. The van der Waals surface area contributed by atoms with Crippen LogP contribution in [-0.2, 0) is 10.2 Å². The van der Waals surface area contributed by atoms with Gasteiger partial charge in [-0.25, -0.2) is 0 Å². The van der Waals surface area contributed by atoms with Crippen LogP contribution in [0.2, 0.25) is 0 Å². The van der Waals surface area contributed by atoms with E-state index in [1.165, 1.54) is 5.56 Å². The molecule has 1 aromatic carbocycles. The summed E-state index contributed by atoms with van der Waals surface area (Å²) >= 11 is 0. The highest BCUT2D eigenvalue weighted by Crippen LogP contribution is 2.40. The highest BCUT2D eigenvalue weighted by molar-refractivity contribution is 5.79. The Hall–Kier alpha value is -1.15. The zero-order valence-corrected chi connectivity index (χ0v) is 9.48. The van der Waals surface area contributed by atoms with Crippen molar-refractivity contribution in [3.05, 3.63) is 35.9 Å². The number of ketones is 1. The van der Waals surface area contributed by atoms with E-state index in [-0.39, 0.29) is 12.0 Å². The van der Waals surface area contributed by atoms with Crippen molar-refractivity contribution in [2.24, 2.45) is 0 Å². The summed E-state index contributed by atoms with van der Waals surface area (Å²) in [5.41, 5.74) is 1.31. The summed E-state index contributed by atoms with van der Waals surface area (Å²) in [5.74, 6) is 0.365. The molecule has 1 aromatic rings. The van der Waals surface area contributed by atoms with Crippen LogP contribution in [0.25, 0.3) is 0 Å². The van der Waals surface area contributed by atoms with Crippen molar-refractivity contribution in [3.63, 3.8) is 0 Å².